The molecule has 11 heavy (non-hydrogen) atoms. The number of esters is 1. The van der Waals surface area contributed by atoms with E-state index in [2.05, 4.69) is 5.92 Å². The van der Waals surface area contributed by atoms with Gasteiger partial charge >= 0.3 is 5.97 Å². The van der Waals surface area contributed by atoms with Gasteiger partial charge in [-0.3, -0.25) is 0 Å². The van der Waals surface area contributed by atoms with E-state index in [-0.39, 0.29) is 0 Å². The van der Waals surface area contributed by atoms with Crippen molar-refractivity contribution in [2.45, 2.75) is 32.4 Å². The molecule has 0 heterocycles. The maximum absolute atomic E-state index is 10.9. The van der Waals surface area contributed by atoms with Crippen LogP contribution in [0.15, 0.2) is 0 Å². The van der Waals surface area contributed by atoms with Crippen LogP contribution in [0.5, 0.6) is 0 Å². The van der Waals surface area contributed by atoms with E-state index in [4.69, 9.17) is 16.9 Å². The van der Waals surface area contributed by atoms with Gasteiger partial charge in [-0.25, -0.2) is 4.79 Å². The maximum atomic E-state index is 10.9. The number of ether oxygens (including phenoxy) is 1. The summed E-state index contributed by atoms with van der Waals surface area (Å²) in [4.78, 5) is 10.9. The monoisotopic (exact) mass is 155 g/mol. The Hall–Kier alpha value is -1.01. The molecule has 0 aromatic heterocycles. The van der Waals surface area contributed by atoms with Gasteiger partial charge in [0, 0.05) is 0 Å². The zero-order chi connectivity index (χ0) is 9.07. The van der Waals surface area contributed by atoms with Crippen molar-refractivity contribution >= 4 is 5.97 Å². The Balaban J connectivity index is 4.01. The molecule has 0 aliphatic carbocycles. The van der Waals surface area contributed by atoms with Crippen molar-refractivity contribution in [3.05, 3.63) is 0 Å². The van der Waals surface area contributed by atoms with Gasteiger partial charge in [0.15, 0.2) is 6.04 Å². The Labute approximate surface area is 66.9 Å². The molecule has 1 atom stereocenters. The second-order valence-corrected chi connectivity index (χ2v) is 3.18. The van der Waals surface area contributed by atoms with E-state index in [1.807, 2.05) is 0 Å². The normalized spacial score (nSPS) is 13.4. The minimum absolute atomic E-state index is 0.522. The lowest BCUT2D eigenvalue weighted by Gasteiger charge is -2.20. The minimum Gasteiger partial charge on any atom is -0.458 e. The molecular weight excluding hydrogens is 142 g/mol. The molecule has 0 fully saturated rings. The summed E-state index contributed by atoms with van der Waals surface area (Å²) >= 11 is 0. The zero-order valence-electron chi connectivity index (χ0n) is 7.05. The predicted molar refractivity (Wildman–Crippen MR) is 42.7 cm³/mol. The Kier molecular flexibility index (Phi) is 3.09. The van der Waals surface area contributed by atoms with Crippen LogP contribution < -0.4 is 5.73 Å². The number of carbonyl (C=O) groups excluding carboxylic acids is 1. The van der Waals surface area contributed by atoms with Crippen LogP contribution in [0.1, 0.15) is 20.8 Å². The average molecular weight is 155 g/mol. The van der Waals surface area contributed by atoms with Gasteiger partial charge in [0.2, 0.25) is 0 Å². The fourth-order valence-corrected chi connectivity index (χ4v) is 0.433. The Morgan fingerprint density at radius 3 is 2.36 bits per heavy atom. The molecule has 0 spiro atoms. The summed E-state index contributed by atoms with van der Waals surface area (Å²) in [6, 6.07) is -0.950. The van der Waals surface area contributed by atoms with Crippen LogP contribution in [0, 0.1) is 12.3 Å². The summed E-state index contributed by atoms with van der Waals surface area (Å²) in [6.07, 6.45) is 4.92. The summed E-state index contributed by atoms with van der Waals surface area (Å²) in [5, 5.41) is 0. The van der Waals surface area contributed by atoms with Crippen LogP contribution in [-0.4, -0.2) is 17.6 Å². The van der Waals surface area contributed by atoms with E-state index in [1.165, 1.54) is 0 Å². The van der Waals surface area contributed by atoms with Crippen molar-refractivity contribution in [2.24, 2.45) is 5.73 Å². The van der Waals surface area contributed by atoms with E-state index >= 15 is 0 Å². The molecule has 0 aliphatic heterocycles. The molecule has 1 unspecified atom stereocenters. The third kappa shape index (κ3) is 4.40. The molecule has 3 nitrogen and oxygen atoms in total. The van der Waals surface area contributed by atoms with Crippen LogP contribution in [0.3, 0.4) is 0 Å². The van der Waals surface area contributed by atoms with Crippen molar-refractivity contribution < 1.29 is 9.53 Å². The third-order valence-corrected chi connectivity index (χ3v) is 0.840. The smallest absolute Gasteiger partial charge is 0.336 e. The molecule has 0 rings (SSSR count). The molecule has 2 N–H and O–H groups in total. The van der Waals surface area contributed by atoms with Crippen molar-refractivity contribution in [3.8, 4) is 12.3 Å². The first-order valence-corrected chi connectivity index (χ1v) is 3.31. The zero-order valence-corrected chi connectivity index (χ0v) is 7.05. The highest BCUT2D eigenvalue weighted by atomic mass is 16.6. The Morgan fingerprint density at radius 2 is 2.09 bits per heavy atom. The van der Waals surface area contributed by atoms with Gasteiger partial charge in [-0.1, -0.05) is 5.92 Å². The van der Waals surface area contributed by atoms with E-state index in [0.29, 0.717) is 0 Å². The Morgan fingerprint density at radius 1 is 1.64 bits per heavy atom. The van der Waals surface area contributed by atoms with Crippen molar-refractivity contribution in [3.63, 3.8) is 0 Å². The van der Waals surface area contributed by atoms with Crippen molar-refractivity contribution in [2.75, 3.05) is 0 Å². The van der Waals surface area contributed by atoms with Crippen LogP contribution in [-0.2, 0) is 9.53 Å². The molecule has 0 amide bonds. The fourth-order valence-electron chi connectivity index (χ4n) is 0.433. The molecule has 0 aromatic rings. The highest BCUT2D eigenvalue weighted by Gasteiger charge is 2.20. The first-order valence-electron chi connectivity index (χ1n) is 3.31. The lowest BCUT2D eigenvalue weighted by atomic mass is 10.2. The van der Waals surface area contributed by atoms with Gasteiger partial charge in [0.05, 0.1) is 0 Å². The fraction of sp³-hybridized carbons (Fsp3) is 0.625. The number of carbonyl (C=O) groups is 1. The summed E-state index contributed by atoms with van der Waals surface area (Å²) < 4.78 is 4.88. The molecule has 62 valence electrons. The van der Waals surface area contributed by atoms with Crippen molar-refractivity contribution in [1.82, 2.24) is 0 Å². The highest BCUT2D eigenvalue weighted by Crippen LogP contribution is 2.07. The highest BCUT2D eigenvalue weighted by molar-refractivity contribution is 5.79. The summed E-state index contributed by atoms with van der Waals surface area (Å²) in [5.74, 6) is 1.53. The lowest BCUT2D eigenvalue weighted by Crippen LogP contribution is -2.36. The van der Waals surface area contributed by atoms with Gasteiger partial charge in [0.1, 0.15) is 5.60 Å². The molecule has 0 saturated heterocycles. The second kappa shape index (κ2) is 3.40. The maximum Gasteiger partial charge on any atom is 0.336 e. The van der Waals surface area contributed by atoms with E-state index in [9.17, 15) is 4.79 Å². The number of rotatable bonds is 1. The number of hydrogen-bond acceptors (Lipinski definition) is 3. The van der Waals surface area contributed by atoms with Crippen LogP contribution in [0.25, 0.3) is 0 Å². The first-order chi connectivity index (χ1) is 4.87. The quantitative estimate of drug-likeness (QED) is 0.437. The SMILES string of the molecule is C#CC(N)C(=O)OC(C)(C)C. The summed E-state index contributed by atoms with van der Waals surface area (Å²) in [5.41, 5.74) is 4.69. The molecular formula is C8H13NO2. The number of terminal acetylenes is 1. The Bertz CT molecular complexity index is 185. The largest absolute Gasteiger partial charge is 0.458 e. The van der Waals surface area contributed by atoms with Gasteiger partial charge in [-0.05, 0) is 20.8 Å². The molecule has 0 radical (unpaired) electrons. The molecule has 0 saturated carbocycles. The van der Waals surface area contributed by atoms with E-state index < -0.39 is 17.6 Å². The van der Waals surface area contributed by atoms with Gasteiger partial charge in [-0.15, -0.1) is 6.42 Å². The topological polar surface area (TPSA) is 52.3 Å². The molecule has 0 bridgehead atoms. The summed E-state index contributed by atoms with van der Waals surface area (Å²) in [6.45, 7) is 5.27. The molecule has 0 aromatic carbocycles. The van der Waals surface area contributed by atoms with E-state index in [1.54, 1.807) is 20.8 Å². The number of nitrogens with two attached hydrogens (primary N) is 1. The molecule has 0 aliphatic rings. The van der Waals surface area contributed by atoms with Crippen LogP contribution in [0.4, 0.5) is 0 Å². The van der Waals surface area contributed by atoms with Crippen LogP contribution in [0.2, 0.25) is 0 Å². The summed E-state index contributed by atoms with van der Waals surface area (Å²) in [7, 11) is 0. The van der Waals surface area contributed by atoms with Gasteiger partial charge < -0.3 is 10.5 Å². The average Bonchev–Trinajstić information content (AvgIpc) is 1.82. The molecule has 3 heteroatoms. The van der Waals surface area contributed by atoms with Crippen LogP contribution >= 0.6 is 0 Å². The second-order valence-electron chi connectivity index (χ2n) is 3.18. The lowest BCUT2D eigenvalue weighted by molar-refractivity contribution is -0.154. The van der Waals surface area contributed by atoms with Gasteiger partial charge in [0.25, 0.3) is 0 Å². The standard InChI is InChI=1S/C8H13NO2/c1-5-6(9)7(10)11-8(2,3)4/h1,6H,9H2,2-4H3. The van der Waals surface area contributed by atoms with Crippen molar-refractivity contribution in [1.29, 1.82) is 0 Å². The number of hydrogen-bond donors (Lipinski definition) is 1. The van der Waals surface area contributed by atoms with E-state index in [0.717, 1.165) is 0 Å². The van der Waals surface area contributed by atoms with Gasteiger partial charge in [-0.2, -0.15) is 0 Å². The predicted octanol–water partition coefficient (Wildman–Crippen LogP) is 0.289. The minimum atomic E-state index is -0.950. The first kappa shape index (κ1) is 9.99. The third-order valence-electron chi connectivity index (χ3n) is 0.840.